The highest BCUT2D eigenvalue weighted by molar-refractivity contribution is 7.28. The van der Waals surface area contributed by atoms with E-state index in [1.807, 2.05) is 54.6 Å². The van der Waals surface area contributed by atoms with Crippen LogP contribution in [-0.4, -0.2) is 28.4 Å². The Morgan fingerprint density at radius 2 is 1.07 bits per heavy atom. The van der Waals surface area contributed by atoms with E-state index in [-0.39, 0.29) is 0 Å². The molecule has 4 nitrogen and oxygen atoms in total. The standard InChI is InChI=1S/C22H23O4P/c1-23-16-10-5-8-14(15-9-6-12-18(25-3)22(15)26-4)20(16)21-17(24-2)11-7-13-19(21)27/h5-13H,27H2,1-4H3. The van der Waals surface area contributed by atoms with Crippen molar-refractivity contribution in [1.29, 1.82) is 0 Å². The summed E-state index contributed by atoms with van der Waals surface area (Å²) >= 11 is 0. The van der Waals surface area contributed by atoms with Gasteiger partial charge in [-0.3, -0.25) is 0 Å². The fraction of sp³-hybridized carbons (Fsp3) is 0.182. The van der Waals surface area contributed by atoms with E-state index in [1.54, 1.807) is 28.4 Å². The van der Waals surface area contributed by atoms with Gasteiger partial charge in [0.05, 0.1) is 28.4 Å². The van der Waals surface area contributed by atoms with Gasteiger partial charge in [-0.1, -0.05) is 36.4 Å². The van der Waals surface area contributed by atoms with Crippen molar-refractivity contribution in [1.82, 2.24) is 0 Å². The van der Waals surface area contributed by atoms with Crippen LogP contribution >= 0.6 is 9.24 Å². The van der Waals surface area contributed by atoms with Crippen molar-refractivity contribution in [3.63, 3.8) is 0 Å². The van der Waals surface area contributed by atoms with Crippen molar-refractivity contribution in [2.75, 3.05) is 28.4 Å². The molecule has 0 fully saturated rings. The van der Waals surface area contributed by atoms with Crippen molar-refractivity contribution in [3.8, 4) is 45.3 Å². The maximum atomic E-state index is 5.71. The van der Waals surface area contributed by atoms with Gasteiger partial charge >= 0.3 is 0 Å². The highest BCUT2D eigenvalue weighted by Gasteiger charge is 2.22. The van der Waals surface area contributed by atoms with E-state index < -0.39 is 0 Å². The first-order chi connectivity index (χ1) is 13.2. The first-order valence-corrected chi connectivity index (χ1v) is 9.05. The Balaban J connectivity index is 2.40. The highest BCUT2D eigenvalue weighted by Crippen LogP contribution is 2.47. The average Bonchev–Trinajstić information content (AvgIpc) is 2.72. The topological polar surface area (TPSA) is 36.9 Å². The molecule has 0 aliphatic carbocycles. The van der Waals surface area contributed by atoms with Crippen LogP contribution in [0.15, 0.2) is 54.6 Å². The van der Waals surface area contributed by atoms with Crippen molar-refractivity contribution in [2.45, 2.75) is 0 Å². The first-order valence-electron chi connectivity index (χ1n) is 8.47. The molecule has 140 valence electrons. The summed E-state index contributed by atoms with van der Waals surface area (Å²) in [6, 6.07) is 17.7. The van der Waals surface area contributed by atoms with Crippen LogP contribution < -0.4 is 24.3 Å². The lowest BCUT2D eigenvalue weighted by Crippen LogP contribution is -2.03. The van der Waals surface area contributed by atoms with E-state index in [1.165, 1.54) is 0 Å². The molecule has 0 saturated carbocycles. The SMILES string of the molecule is COc1cccc(-c2cccc(OC)c2-c2c(P)cccc2OC)c1OC. The molecule has 3 aromatic carbocycles. The zero-order valence-electron chi connectivity index (χ0n) is 15.9. The molecular formula is C22H23O4P. The molecule has 0 aliphatic rings. The maximum Gasteiger partial charge on any atom is 0.168 e. The Morgan fingerprint density at radius 1 is 0.556 bits per heavy atom. The number of para-hydroxylation sites is 1. The van der Waals surface area contributed by atoms with Gasteiger partial charge in [0.2, 0.25) is 0 Å². The van der Waals surface area contributed by atoms with Gasteiger partial charge in [0.25, 0.3) is 0 Å². The predicted molar refractivity (Wildman–Crippen MR) is 113 cm³/mol. The second kappa shape index (κ2) is 8.32. The lowest BCUT2D eigenvalue weighted by Gasteiger charge is -2.20. The molecule has 0 radical (unpaired) electrons. The highest BCUT2D eigenvalue weighted by atomic mass is 31.0. The average molecular weight is 382 g/mol. The maximum absolute atomic E-state index is 5.71. The molecule has 5 heteroatoms. The van der Waals surface area contributed by atoms with Crippen LogP contribution in [0.5, 0.6) is 23.0 Å². The molecule has 0 saturated heterocycles. The first kappa shape index (κ1) is 19.1. The van der Waals surface area contributed by atoms with E-state index in [0.29, 0.717) is 11.5 Å². The molecule has 0 heterocycles. The second-order valence-corrected chi connectivity index (χ2v) is 6.47. The van der Waals surface area contributed by atoms with E-state index >= 15 is 0 Å². The van der Waals surface area contributed by atoms with Gasteiger partial charge in [0, 0.05) is 16.7 Å². The molecule has 0 N–H and O–H groups in total. The normalized spacial score (nSPS) is 10.4. The van der Waals surface area contributed by atoms with Crippen LogP contribution in [0.25, 0.3) is 22.3 Å². The number of hydrogen-bond acceptors (Lipinski definition) is 4. The molecule has 1 unspecified atom stereocenters. The van der Waals surface area contributed by atoms with Crippen molar-refractivity contribution >= 4 is 14.5 Å². The van der Waals surface area contributed by atoms with Crippen LogP contribution in [0.2, 0.25) is 0 Å². The van der Waals surface area contributed by atoms with Gasteiger partial charge in [-0.05, 0) is 29.1 Å². The van der Waals surface area contributed by atoms with E-state index in [9.17, 15) is 0 Å². The fourth-order valence-electron chi connectivity index (χ4n) is 3.27. The third-order valence-corrected chi connectivity index (χ3v) is 4.95. The van der Waals surface area contributed by atoms with Gasteiger partial charge in [-0.25, -0.2) is 0 Å². The number of rotatable bonds is 6. The third kappa shape index (κ3) is 3.45. The molecule has 3 rings (SSSR count). The number of hydrogen-bond donors (Lipinski definition) is 0. The summed E-state index contributed by atoms with van der Waals surface area (Å²) in [6.45, 7) is 0. The van der Waals surface area contributed by atoms with Gasteiger partial charge in [-0.2, -0.15) is 0 Å². The molecular weight excluding hydrogens is 359 g/mol. The van der Waals surface area contributed by atoms with Crippen molar-refractivity contribution in [3.05, 3.63) is 54.6 Å². The number of benzene rings is 3. The minimum Gasteiger partial charge on any atom is -0.496 e. The third-order valence-electron chi connectivity index (χ3n) is 4.47. The molecule has 27 heavy (non-hydrogen) atoms. The zero-order chi connectivity index (χ0) is 19.4. The molecule has 0 spiro atoms. The Hall–Kier alpha value is -2.71. The summed E-state index contributed by atoms with van der Waals surface area (Å²) < 4.78 is 22.5. The second-order valence-electron chi connectivity index (χ2n) is 5.85. The smallest absolute Gasteiger partial charge is 0.168 e. The minimum atomic E-state index is 0.676. The Labute approximate surface area is 162 Å². The summed E-state index contributed by atoms with van der Waals surface area (Å²) in [4.78, 5) is 0. The summed E-state index contributed by atoms with van der Waals surface area (Å²) in [7, 11) is 9.40. The summed E-state index contributed by atoms with van der Waals surface area (Å²) in [6.07, 6.45) is 0. The van der Waals surface area contributed by atoms with Crippen LogP contribution in [0.1, 0.15) is 0 Å². The predicted octanol–water partition coefficient (Wildman–Crippen LogP) is 4.56. The van der Waals surface area contributed by atoms with Gasteiger partial charge in [-0.15, -0.1) is 9.24 Å². The van der Waals surface area contributed by atoms with Crippen LogP contribution in [0.4, 0.5) is 0 Å². The van der Waals surface area contributed by atoms with Crippen molar-refractivity contribution in [2.24, 2.45) is 0 Å². The van der Waals surface area contributed by atoms with Gasteiger partial charge < -0.3 is 18.9 Å². The lowest BCUT2D eigenvalue weighted by molar-refractivity contribution is 0.356. The van der Waals surface area contributed by atoms with Crippen LogP contribution in [0.3, 0.4) is 0 Å². The quantitative estimate of drug-likeness (QED) is 0.586. The van der Waals surface area contributed by atoms with Gasteiger partial charge in [0.15, 0.2) is 11.5 Å². The molecule has 0 aliphatic heterocycles. The number of methoxy groups -OCH3 is 4. The Bertz CT molecular complexity index is 953. The largest absolute Gasteiger partial charge is 0.496 e. The zero-order valence-corrected chi connectivity index (χ0v) is 17.1. The van der Waals surface area contributed by atoms with E-state index in [0.717, 1.165) is 39.1 Å². The Kier molecular flexibility index (Phi) is 5.88. The monoisotopic (exact) mass is 382 g/mol. The summed E-state index contributed by atoms with van der Waals surface area (Å²) in [5, 5.41) is 1.02. The fourth-order valence-corrected chi connectivity index (χ4v) is 3.67. The van der Waals surface area contributed by atoms with Gasteiger partial charge in [0.1, 0.15) is 11.5 Å². The molecule has 0 bridgehead atoms. The number of ether oxygens (including phenoxy) is 4. The van der Waals surface area contributed by atoms with Crippen LogP contribution in [0, 0.1) is 0 Å². The van der Waals surface area contributed by atoms with E-state index in [2.05, 4.69) is 9.24 Å². The molecule has 0 aromatic heterocycles. The summed E-state index contributed by atoms with van der Waals surface area (Å²) in [5.41, 5.74) is 3.79. The lowest BCUT2D eigenvalue weighted by atomic mass is 9.92. The van der Waals surface area contributed by atoms with Crippen molar-refractivity contribution < 1.29 is 18.9 Å². The van der Waals surface area contributed by atoms with E-state index in [4.69, 9.17) is 18.9 Å². The Morgan fingerprint density at radius 3 is 1.67 bits per heavy atom. The summed E-state index contributed by atoms with van der Waals surface area (Å²) in [5.74, 6) is 2.88. The minimum absolute atomic E-state index is 0.676. The molecule has 1 atom stereocenters. The molecule has 0 amide bonds. The molecule has 3 aromatic rings. The van der Waals surface area contributed by atoms with Crippen LogP contribution in [-0.2, 0) is 0 Å².